The Morgan fingerprint density at radius 3 is 2.43 bits per heavy atom. The van der Waals surface area contributed by atoms with Gasteiger partial charge in [0.15, 0.2) is 5.78 Å². The molecule has 0 saturated carbocycles. The summed E-state index contributed by atoms with van der Waals surface area (Å²) in [6, 6.07) is 11.4. The van der Waals surface area contributed by atoms with E-state index in [-0.39, 0.29) is 11.7 Å². The molecule has 0 aliphatic rings. The zero-order valence-electron chi connectivity index (χ0n) is 12.4. The molecule has 0 heterocycles. The van der Waals surface area contributed by atoms with Gasteiger partial charge in [0.2, 0.25) is 0 Å². The molecule has 0 aliphatic heterocycles. The smallest absolute Gasteiger partial charge is 0.165 e. The van der Waals surface area contributed by atoms with Crippen LogP contribution in [0.15, 0.2) is 36.4 Å². The summed E-state index contributed by atoms with van der Waals surface area (Å²) in [5.74, 6) is 0.111. The average molecular weight is 321 g/mol. The van der Waals surface area contributed by atoms with Crippen molar-refractivity contribution in [3.63, 3.8) is 0 Å². The molecule has 0 amide bonds. The Balaban J connectivity index is 2.46. The van der Waals surface area contributed by atoms with Crippen LogP contribution in [0.25, 0.3) is 0 Å². The van der Waals surface area contributed by atoms with Gasteiger partial charge in [-0.2, -0.15) is 0 Å². The van der Waals surface area contributed by atoms with Crippen LogP contribution in [0, 0.1) is 12.8 Å². The lowest BCUT2D eigenvalue weighted by Gasteiger charge is -2.13. The molecule has 0 saturated heterocycles. The summed E-state index contributed by atoms with van der Waals surface area (Å²) < 4.78 is 0. The third-order valence-corrected chi connectivity index (χ3v) is 4.43. The molecule has 0 spiro atoms. The number of carbonyl (C=O) groups is 1. The number of aryl methyl sites for hydroxylation is 1. The minimum Gasteiger partial charge on any atom is -0.294 e. The van der Waals surface area contributed by atoms with Crippen LogP contribution in [0.2, 0.25) is 10.0 Å². The largest absolute Gasteiger partial charge is 0.294 e. The van der Waals surface area contributed by atoms with E-state index in [1.165, 1.54) is 0 Å². The van der Waals surface area contributed by atoms with E-state index in [2.05, 4.69) is 0 Å². The Morgan fingerprint density at radius 2 is 1.76 bits per heavy atom. The topological polar surface area (TPSA) is 17.1 Å². The van der Waals surface area contributed by atoms with Gasteiger partial charge in [-0.15, -0.1) is 0 Å². The summed E-state index contributed by atoms with van der Waals surface area (Å²) in [6.45, 7) is 5.77. The molecule has 0 radical (unpaired) electrons. The Labute approximate surface area is 135 Å². The highest BCUT2D eigenvalue weighted by atomic mass is 35.5. The van der Waals surface area contributed by atoms with Crippen LogP contribution in [0.5, 0.6) is 0 Å². The number of carbonyl (C=O) groups excluding carboxylic acids is 1. The predicted octanol–water partition coefficient (Wildman–Crippen LogP) is 5.73. The van der Waals surface area contributed by atoms with Gasteiger partial charge in [0.25, 0.3) is 0 Å². The van der Waals surface area contributed by atoms with Crippen LogP contribution in [0.3, 0.4) is 0 Å². The van der Waals surface area contributed by atoms with Crippen LogP contribution < -0.4 is 0 Å². The molecule has 2 rings (SSSR count). The Hall–Kier alpha value is -1.31. The maximum absolute atomic E-state index is 12.3. The number of hydrogen-bond acceptors (Lipinski definition) is 1. The molecular weight excluding hydrogens is 303 g/mol. The zero-order chi connectivity index (χ0) is 15.6. The van der Waals surface area contributed by atoms with E-state index >= 15 is 0 Å². The second kappa shape index (κ2) is 6.64. The summed E-state index contributed by atoms with van der Waals surface area (Å²) in [5, 5.41) is 1.31. The van der Waals surface area contributed by atoms with Crippen molar-refractivity contribution in [1.82, 2.24) is 0 Å². The molecule has 21 heavy (non-hydrogen) atoms. The van der Waals surface area contributed by atoms with Crippen molar-refractivity contribution in [3.8, 4) is 0 Å². The monoisotopic (exact) mass is 320 g/mol. The molecule has 0 aliphatic carbocycles. The molecule has 2 aromatic carbocycles. The fourth-order valence-corrected chi connectivity index (χ4v) is 2.80. The van der Waals surface area contributed by atoms with E-state index in [4.69, 9.17) is 23.2 Å². The van der Waals surface area contributed by atoms with E-state index in [0.29, 0.717) is 16.5 Å². The first-order chi connectivity index (χ1) is 9.91. The summed E-state index contributed by atoms with van der Waals surface area (Å²) in [7, 11) is 0. The molecule has 0 aromatic heterocycles. The fraction of sp³-hybridized carbons (Fsp3) is 0.278. The second-order valence-corrected chi connectivity index (χ2v) is 6.29. The van der Waals surface area contributed by atoms with Crippen molar-refractivity contribution < 1.29 is 4.79 Å². The van der Waals surface area contributed by atoms with Gasteiger partial charge < -0.3 is 0 Å². The van der Waals surface area contributed by atoms with Crippen molar-refractivity contribution in [2.75, 3.05) is 0 Å². The highest BCUT2D eigenvalue weighted by Gasteiger charge is 2.17. The zero-order valence-corrected chi connectivity index (χ0v) is 13.9. The number of halogens is 2. The van der Waals surface area contributed by atoms with E-state index in [9.17, 15) is 4.79 Å². The highest BCUT2D eigenvalue weighted by Crippen LogP contribution is 2.31. The third-order valence-electron chi connectivity index (χ3n) is 3.55. The molecule has 110 valence electrons. The normalized spacial score (nSPS) is 11.0. The van der Waals surface area contributed by atoms with Crippen LogP contribution in [-0.4, -0.2) is 5.78 Å². The molecule has 1 nitrogen and oxygen atoms in total. The lowest BCUT2D eigenvalue weighted by atomic mass is 9.92. The third kappa shape index (κ3) is 3.48. The number of ketones is 1. The van der Waals surface area contributed by atoms with Crippen molar-refractivity contribution in [2.45, 2.75) is 27.2 Å². The molecule has 2 aromatic rings. The van der Waals surface area contributed by atoms with E-state index in [0.717, 1.165) is 22.3 Å². The lowest BCUT2D eigenvalue weighted by molar-refractivity contribution is 0.0938. The van der Waals surface area contributed by atoms with Gasteiger partial charge in [0.05, 0.1) is 0 Å². The van der Waals surface area contributed by atoms with Crippen LogP contribution >= 0.6 is 23.2 Å². The predicted molar refractivity (Wildman–Crippen MR) is 89.6 cm³/mol. The minimum absolute atomic E-state index is 0.0328. The molecule has 0 fully saturated rings. The standard InChI is InChI=1S/C18H18Cl2O/c1-11(2)18(21)14-7-5-4-6-13(14)10-15-16(19)9-8-12(3)17(15)20/h4-9,11H,10H2,1-3H3. The van der Waals surface area contributed by atoms with Gasteiger partial charge >= 0.3 is 0 Å². The number of benzene rings is 2. The maximum atomic E-state index is 12.3. The maximum Gasteiger partial charge on any atom is 0.165 e. The summed E-state index contributed by atoms with van der Waals surface area (Å²) in [4.78, 5) is 12.3. The molecular formula is C18H18Cl2O. The SMILES string of the molecule is Cc1ccc(Cl)c(Cc2ccccc2C(=O)C(C)C)c1Cl. The van der Waals surface area contributed by atoms with Crippen LogP contribution in [0.4, 0.5) is 0 Å². The summed E-state index contributed by atoms with van der Waals surface area (Å²) in [6.07, 6.45) is 0.563. The van der Waals surface area contributed by atoms with Gasteiger partial charge in [-0.3, -0.25) is 4.79 Å². The Kier molecular flexibility index (Phi) is 5.08. The Bertz CT molecular complexity index is 675. The van der Waals surface area contributed by atoms with Gasteiger partial charge in [0, 0.05) is 27.9 Å². The first-order valence-electron chi connectivity index (χ1n) is 6.97. The molecule has 0 atom stereocenters. The average Bonchev–Trinajstić information content (AvgIpc) is 2.47. The summed E-state index contributed by atoms with van der Waals surface area (Å²) >= 11 is 12.6. The van der Waals surface area contributed by atoms with Crippen molar-refractivity contribution >= 4 is 29.0 Å². The van der Waals surface area contributed by atoms with E-state index in [1.54, 1.807) is 0 Å². The number of hydrogen-bond donors (Lipinski definition) is 0. The van der Waals surface area contributed by atoms with E-state index in [1.807, 2.05) is 57.2 Å². The second-order valence-electron chi connectivity index (χ2n) is 5.51. The summed E-state index contributed by atoms with van der Waals surface area (Å²) in [5.41, 5.74) is 3.58. The number of Topliss-reactive ketones (excluding diaryl/α,β-unsaturated/α-hetero) is 1. The molecule has 0 unspecified atom stereocenters. The van der Waals surface area contributed by atoms with E-state index < -0.39 is 0 Å². The minimum atomic E-state index is -0.0328. The fourth-order valence-electron chi connectivity index (χ4n) is 2.29. The highest BCUT2D eigenvalue weighted by molar-refractivity contribution is 6.36. The van der Waals surface area contributed by atoms with Gasteiger partial charge in [0.1, 0.15) is 0 Å². The van der Waals surface area contributed by atoms with Crippen molar-refractivity contribution in [2.24, 2.45) is 5.92 Å². The van der Waals surface area contributed by atoms with Gasteiger partial charge in [-0.25, -0.2) is 0 Å². The van der Waals surface area contributed by atoms with Gasteiger partial charge in [-0.05, 0) is 29.7 Å². The van der Waals surface area contributed by atoms with Crippen LogP contribution in [-0.2, 0) is 6.42 Å². The van der Waals surface area contributed by atoms with Crippen molar-refractivity contribution in [1.29, 1.82) is 0 Å². The van der Waals surface area contributed by atoms with Gasteiger partial charge in [-0.1, -0.05) is 67.4 Å². The molecule has 0 bridgehead atoms. The lowest BCUT2D eigenvalue weighted by Crippen LogP contribution is -2.11. The number of rotatable bonds is 4. The Morgan fingerprint density at radius 1 is 1.10 bits per heavy atom. The molecule has 3 heteroatoms. The van der Waals surface area contributed by atoms with Crippen molar-refractivity contribution in [3.05, 3.63) is 68.7 Å². The van der Waals surface area contributed by atoms with Crippen LogP contribution in [0.1, 0.15) is 40.9 Å². The quantitative estimate of drug-likeness (QED) is 0.657. The first kappa shape index (κ1) is 16.1. The first-order valence-corrected chi connectivity index (χ1v) is 7.73. The molecule has 0 N–H and O–H groups in total.